The molecular formula is C18H24N4O2. The standard InChI is InChI=1S/C18H24N4O2/c1-4-13-7-6-8-14(5-2)16(13)22-17(23)15-11-20-18(21-12-15)19-9-10-24-3/h6-8,11-12H,4-5,9-10H2,1-3H3,(H,22,23)(H,19,20,21). The van der Waals surface area contributed by atoms with E-state index in [9.17, 15) is 4.79 Å². The molecule has 0 saturated heterocycles. The van der Waals surface area contributed by atoms with Crippen LogP contribution >= 0.6 is 0 Å². The van der Waals surface area contributed by atoms with Crippen molar-refractivity contribution in [2.45, 2.75) is 26.7 Å². The van der Waals surface area contributed by atoms with E-state index >= 15 is 0 Å². The molecule has 0 aliphatic heterocycles. The number of nitrogens with one attached hydrogen (secondary N) is 2. The van der Waals surface area contributed by atoms with Gasteiger partial charge in [0.15, 0.2) is 0 Å². The van der Waals surface area contributed by atoms with Crippen LogP contribution < -0.4 is 10.6 Å². The minimum absolute atomic E-state index is 0.200. The quantitative estimate of drug-likeness (QED) is 0.729. The van der Waals surface area contributed by atoms with Gasteiger partial charge in [0.05, 0.1) is 12.2 Å². The number of para-hydroxylation sites is 1. The number of hydrogen-bond donors (Lipinski definition) is 2. The molecule has 0 bridgehead atoms. The summed E-state index contributed by atoms with van der Waals surface area (Å²) in [6.45, 7) is 5.34. The number of aryl methyl sites for hydroxylation is 2. The van der Waals surface area contributed by atoms with Crippen LogP contribution in [0.1, 0.15) is 35.3 Å². The van der Waals surface area contributed by atoms with E-state index in [0.29, 0.717) is 24.7 Å². The highest BCUT2D eigenvalue weighted by molar-refractivity contribution is 6.04. The van der Waals surface area contributed by atoms with E-state index in [2.05, 4.69) is 34.4 Å². The summed E-state index contributed by atoms with van der Waals surface area (Å²) < 4.78 is 4.95. The van der Waals surface area contributed by atoms with Crippen LogP contribution in [0.15, 0.2) is 30.6 Å². The smallest absolute Gasteiger partial charge is 0.258 e. The molecule has 0 radical (unpaired) electrons. The van der Waals surface area contributed by atoms with Crippen molar-refractivity contribution in [2.24, 2.45) is 0 Å². The molecular weight excluding hydrogens is 304 g/mol. The zero-order chi connectivity index (χ0) is 17.4. The molecule has 0 fully saturated rings. The van der Waals surface area contributed by atoms with Gasteiger partial charge in [0.25, 0.3) is 5.91 Å². The molecule has 0 aliphatic carbocycles. The molecule has 6 heteroatoms. The molecule has 2 rings (SSSR count). The zero-order valence-corrected chi connectivity index (χ0v) is 14.4. The molecule has 0 aliphatic rings. The van der Waals surface area contributed by atoms with Gasteiger partial charge in [-0.25, -0.2) is 9.97 Å². The molecule has 1 aromatic heterocycles. The number of methoxy groups -OCH3 is 1. The fourth-order valence-corrected chi connectivity index (χ4v) is 2.39. The first-order chi connectivity index (χ1) is 11.7. The first-order valence-electron chi connectivity index (χ1n) is 8.16. The summed E-state index contributed by atoms with van der Waals surface area (Å²) in [5.41, 5.74) is 3.58. The lowest BCUT2D eigenvalue weighted by Crippen LogP contribution is -2.16. The van der Waals surface area contributed by atoms with Crippen LogP contribution in [0.5, 0.6) is 0 Å². The maximum Gasteiger partial charge on any atom is 0.258 e. The third-order valence-corrected chi connectivity index (χ3v) is 3.74. The predicted molar refractivity (Wildman–Crippen MR) is 95.5 cm³/mol. The Morgan fingerprint density at radius 2 is 1.75 bits per heavy atom. The molecule has 128 valence electrons. The number of anilines is 2. The van der Waals surface area contributed by atoms with Crippen LogP contribution in [-0.2, 0) is 17.6 Å². The third kappa shape index (κ3) is 4.52. The Balaban J connectivity index is 2.10. The topological polar surface area (TPSA) is 76.1 Å². The van der Waals surface area contributed by atoms with E-state index in [0.717, 1.165) is 29.7 Å². The summed E-state index contributed by atoms with van der Waals surface area (Å²) in [6.07, 6.45) is 4.78. The minimum atomic E-state index is -0.200. The highest BCUT2D eigenvalue weighted by atomic mass is 16.5. The lowest BCUT2D eigenvalue weighted by Gasteiger charge is -2.14. The van der Waals surface area contributed by atoms with Gasteiger partial charge in [-0.15, -0.1) is 0 Å². The Bertz CT molecular complexity index is 649. The van der Waals surface area contributed by atoms with Crippen molar-refractivity contribution in [1.29, 1.82) is 0 Å². The number of carbonyl (C=O) groups is 1. The number of ether oxygens (including phenoxy) is 1. The molecule has 24 heavy (non-hydrogen) atoms. The number of nitrogens with zero attached hydrogens (tertiary/aromatic N) is 2. The lowest BCUT2D eigenvalue weighted by atomic mass is 10.0. The van der Waals surface area contributed by atoms with Crippen LogP contribution in [-0.4, -0.2) is 36.1 Å². The Kier molecular flexibility index (Phi) is 6.69. The summed E-state index contributed by atoms with van der Waals surface area (Å²) in [4.78, 5) is 20.8. The summed E-state index contributed by atoms with van der Waals surface area (Å²) in [5.74, 6) is 0.279. The van der Waals surface area contributed by atoms with Gasteiger partial charge in [0.1, 0.15) is 0 Å². The van der Waals surface area contributed by atoms with Gasteiger partial charge in [-0.3, -0.25) is 4.79 Å². The van der Waals surface area contributed by atoms with Crippen LogP contribution in [0.3, 0.4) is 0 Å². The van der Waals surface area contributed by atoms with E-state index in [1.165, 1.54) is 12.4 Å². The number of carbonyl (C=O) groups excluding carboxylic acids is 1. The van der Waals surface area contributed by atoms with Crippen LogP contribution in [0.2, 0.25) is 0 Å². The molecule has 2 aromatic rings. The number of aromatic nitrogens is 2. The molecule has 0 atom stereocenters. The first-order valence-corrected chi connectivity index (χ1v) is 8.16. The van der Waals surface area contributed by atoms with Gasteiger partial charge in [-0.2, -0.15) is 0 Å². The highest BCUT2D eigenvalue weighted by Crippen LogP contribution is 2.23. The number of benzene rings is 1. The van der Waals surface area contributed by atoms with Gasteiger partial charge >= 0.3 is 0 Å². The molecule has 1 amide bonds. The Morgan fingerprint density at radius 1 is 1.12 bits per heavy atom. The monoisotopic (exact) mass is 328 g/mol. The molecule has 0 unspecified atom stereocenters. The number of hydrogen-bond acceptors (Lipinski definition) is 5. The number of rotatable bonds is 8. The van der Waals surface area contributed by atoms with Gasteiger partial charge < -0.3 is 15.4 Å². The van der Waals surface area contributed by atoms with Gasteiger partial charge in [0, 0.05) is 31.7 Å². The summed E-state index contributed by atoms with van der Waals surface area (Å²) in [6, 6.07) is 6.10. The van der Waals surface area contributed by atoms with Gasteiger partial charge in [-0.05, 0) is 24.0 Å². The second-order valence-corrected chi connectivity index (χ2v) is 5.33. The van der Waals surface area contributed by atoms with Crippen molar-refractivity contribution in [3.8, 4) is 0 Å². The molecule has 6 nitrogen and oxygen atoms in total. The minimum Gasteiger partial charge on any atom is -0.383 e. The number of amides is 1. The normalized spacial score (nSPS) is 10.5. The highest BCUT2D eigenvalue weighted by Gasteiger charge is 2.12. The molecule has 0 saturated carbocycles. The van der Waals surface area contributed by atoms with E-state index in [4.69, 9.17) is 4.74 Å². The lowest BCUT2D eigenvalue weighted by molar-refractivity contribution is 0.102. The second-order valence-electron chi connectivity index (χ2n) is 5.33. The average molecular weight is 328 g/mol. The van der Waals surface area contributed by atoms with Crippen molar-refractivity contribution in [3.05, 3.63) is 47.3 Å². The fourth-order valence-electron chi connectivity index (χ4n) is 2.39. The predicted octanol–water partition coefficient (Wildman–Crippen LogP) is 2.91. The maximum atomic E-state index is 12.5. The second kappa shape index (κ2) is 8.98. The van der Waals surface area contributed by atoms with Gasteiger partial charge in [0.2, 0.25) is 5.95 Å². The molecule has 0 spiro atoms. The molecule has 1 heterocycles. The van der Waals surface area contributed by atoms with Crippen LogP contribution in [0.25, 0.3) is 0 Å². The third-order valence-electron chi connectivity index (χ3n) is 3.74. The largest absolute Gasteiger partial charge is 0.383 e. The average Bonchev–Trinajstić information content (AvgIpc) is 2.62. The van der Waals surface area contributed by atoms with Crippen LogP contribution in [0.4, 0.5) is 11.6 Å². The van der Waals surface area contributed by atoms with Crippen molar-refractivity contribution in [3.63, 3.8) is 0 Å². The summed E-state index contributed by atoms with van der Waals surface area (Å²) in [7, 11) is 1.63. The van der Waals surface area contributed by atoms with E-state index in [1.54, 1.807) is 7.11 Å². The fraction of sp³-hybridized carbons (Fsp3) is 0.389. The first kappa shape index (κ1) is 17.9. The Morgan fingerprint density at radius 3 is 2.29 bits per heavy atom. The van der Waals surface area contributed by atoms with Crippen molar-refractivity contribution in [1.82, 2.24) is 9.97 Å². The van der Waals surface area contributed by atoms with Crippen molar-refractivity contribution < 1.29 is 9.53 Å². The SMILES string of the molecule is CCc1cccc(CC)c1NC(=O)c1cnc(NCCOC)nc1. The van der Waals surface area contributed by atoms with E-state index < -0.39 is 0 Å². The Labute approximate surface area is 142 Å². The van der Waals surface area contributed by atoms with E-state index in [1.807, 2.05) is 18.2 Å². The molecule has 1 aromatic carbocycles. The molecule has 2 N–H and O–H groups in total. The zero-order valence-electron chi connectivity index (χ0n) is 14.4. The van der Waals surface area contributed by atoms with Crippen LogP contribution in [0, 0.1) is 0 Å². The summed E-state index contributed by atoms with van der Waals surface area (Å²) in [5, 5.41) is 6.03. The maximum absolute atomic E-state index is 12.5. The van der Waals surface area contributed by atoms with Gasteiger partial charge in [-0.1, -0.05) is 32.0 Å². The summed E-state index contributed by atoms with van der Waals surface area (Å²) >= 11 is 0. The van der Waals surface area contributed by atoms with Crippen molar-refractivity contribution in [2.75, 3.05) is 30.9 Å². The van der Waals surface area contributed by atoms with E-state index in [-0.39, 0.29) is 5.91 Å². The Hall–Kier alpha value is -2.47. The van der Waals surface area contributed by atoms with Crippen molar-refractivity contribution >= 4 is 17.5 Å².